The van der Waals surface area contributed by atoms with Crippen molar-refractivity contribution in [3.63, 3.8) is 0 Å². The summed E-state index contributed by atoms with van der Waals surface area (Å²) >= 11 is 0. The van der Waals surface area contributed by atoms with E-state index >= 15 is 0 Å². The van der Waals surface area contributed by atoms with Gasteiger partial charge in [0.2, 0.25) is 5.91 Å². The van der Waals surface area contributed by atoms with Crippen LogP contribution in [0, 0.1) is 20.8 Å². The van der Waals surface area contributed by atoms with Crippen LogP contribution in [0.1, 0.15) is 28.7 Å². The van der Waals surface area contributed by atoms with Crippen LogP contribution in [-0.2, 0) is 21.5 Å². The third-order valence-electron chi connectivity index (χ3n) is 5.05. The number of nitrogens with zero attached hydrogens (tertiary/aromatic N) is 2. The van der Waals surface area contributed by atoms with Gasteiger partial charge >= 0.3 is 0 Å². The van der Waals surface area contributed by atoms with E-state index in [0.717, 1.165) is 22.3 Å². The molecule has 1 aliphatic heterocycles. The molecule has 1 N–H and O–H groups in total. The lowest BCUT2D eigenvalue weighted by Gasteiger charge is -2.34. The molecule has 150 valence electrons. The van der Waals surface area contributed by atoms with Gasteiger partial charge in [-0.25, -0.2) is 0 Å². The number of amides is 1. The fourth-order valence-corrected chi connectivity index (χ4v) is 5.05. The molecule has 3 rings (SSSR count). The van der Waals surface area contributed by atoms with Gasteiger partial charge < -0.3 is 5.32 Å². The van der Waals surface area contributed by atoms with E-state index in [-0.39, 0.29) is 12.5 Å². The zero-order chi connectivity index (χ0) is 20.3. The van der Waals surface area contributed by atoms with Gasteiger partial charge in [0.05, 0.1) is 6.54 Å². The number of hydrogen-bond donors (Lipinski definition) is 1. The van der Waals surface area contributed by atoms with E-state index in [2.05, 4.69) is 5.32 Å². The zero-order valence-electron chi connectivity index (χ0n) is 16.6. The van der Waals surface area contributed by atoms with Crippen molar-refractivity contribution in [2.75, 3.05) is 25.0 Å². The molecule has 0 bridgehead atoms. The van der Waals surface area contributed by atoms with Crippen molar-refractivity contribution in [1.82, 2.24) is 8.61 Å². The van der Waals surface area contributed by atoms with Crippen LogP contribution >= 0.6 is 0 Å². The Bertz CT molecular complexity index is 973. The summed E-state index contributed by atoms with van der Waals surface area (Å²) < 4.78 is 28.7. The van der Waals surface area contributed by atoms with Crippen LogP contribution in [0.4, 0.5) is 5.69 Å². The topological polar surface area (TPSA) is 69.7 Å². The molecule has 28 heavy (non-hydrogen) atoms. The molecule has 0 saturated carbocycles. The van der Waals surface area contributed by atoms with E-state index < -0.39 is 10.2 Å². The second kappa shape index (κ2) is 8.43. The molecule has 0 radical (unpaired) electrons. The van der Waals surface area contributed by atoms with Crippen molar-refractivity contribution in [2.45, 2.75) is 33.7 Å². The second-order valence-corrected chi connectivity index (χ2v) is 9.25. The summed E-state index contributed by atoms with van der Waals surface area (Å²) in [4.78, 5) is 12.5. The van der Waals surface area contributed by atoms with Gasteiger partial charge in [-0.15, -0.1) is 0 Å². The Morgan fingerprint density at radius 3 is 2.43 bits per heavy atom. The molecule has 6 nitrogen and oxygen atoms in total. The van der Waals surface area contributed by atoms with Crippen LogP contribution in [-0.4, -0.2) is 42.6 Å². The van der Waals surface area contributed by atoms with E-state index in [1.165, 1.54) is 8.61 Å². The predicted octanol–water partition coefficient (Wildman–Crippen LogP) is 3.00. The molecular formula is C21H27N3O3S. The first kappa shape index (κ1) is 20.5. The van der Waals surface area contributed by atoms with Gasteiger partial charge in [0.1, 0.15) is 0 Å². The van der Waals surface area contributed by atoms with E-state index in [9.17, 15) is 13.2 Å². The summed E-state index contributed by atoms with van der Waals surface area (Å²) in [7, 11) is -3.68. The Hall–Kier alpha value is -2.22. The fraction of sp³-hybridized carbons (Fsp3) is 0.381. The summed E-state index contributed by atoms with van der Waals surface area (Å²) in [6.45, 7) is 6.84. The highest BCUT2D eigenvalue weighted by Gasteiger charge is 2.34. The Labute approximate surface area is 167 Å². The molecule has 0 atom stereocenters. The average molecular weight is 402 g/mol. The lowest BCUT2D eigenvalue weighted by molar-refractivity contribution is -0.116. The maximum absolute atomic E-state index is 13.0. The Morgan fingerprint density at radius 2 is 1.71 bits per heavy atom. The molecule has 0 spiro atoms. The first-order valence-electron chi connectivity index (χ1n) is 9.44. The quantitative estimate of drug-likeness (QED) is 0.837. The van der Waals surface area contributed by atoms with Gasteiger partial charge in [-0.1, -0.05) is 42.0 Å². The van der Waals surface area contributed by atoms with Crippen LogP contribution in [0.5, 0.6) is 0 Å². The third-order valence-corrected chi connectivity index (χ3v) is 6.98. The molecule has 1 heterocycles. The summed E-state index contributed by atoms with van der Waals surface area (Å²) in [6.07, 6.45) is 0.696. The molecule has 0 aromatic heterocycles. The first-order valence-corrected chi connectivity index (χ1v) is 10.8. The number of carbonyl (C=O) groups excluding carboxylic acids is 1. The van der Waals surface area contributed by atoms with Crippen LogP contribution in [0.3, 0.4) is 0 Å². The van der Waals surface area contributed by atoms with Crippen LogP contribution in [0.15, 0.2) is 42.5 Å². The van der Waals surface area contributed by atoms with E-state index in [4.69, 9.17) is 0 Å². The number of hydrogen-bond acceptors (Lipinski definition) is 3. The number of anilines is 1. The maximum Gasteiger partial charge on any atom is 0.282 e. The monoisotopic (exact) mass is 401 g/mol. The highest BCUT2D eigenvalue weighted by atomic mass is 32.2. The van der Waals surface area contributed by atoms with Gasteiger partial charge in [-0.3, -0.25) is 4.79 Å². The molecule has 1 saturated heterocycles. The minimum Gasteiger partial charge on any atom is -0.325 e. The largest absolute Gasteiger partial charge is 0.325 e. The van der Waals surface area contributed by atoms with E-state index in [1.54, 1.807) is 0 Å². The first-order chi connectivity index (χ1) is 13.3. The summed E-state index contributed by atoms with van der Waals surface area (Å²) in [6, 6.07) is 13.5. The Kier molecular flexibility index (Phi) is 6.17. The molecule has 1 amide bonds. The molecule has 7 heteroatoms. The summed E-state index contributed by atoms with van der Waals surface area (Å²) in [5.41, 5.74) is 4.81. The molecule has 0 aliphatic carbocycles. The number of carbonyl (C=O) groups is 1. The van der Waals surface area contributed by atoms with Gasteiger partial charge in [-0.2, -0.15) is 17.0 Å². The van der Waals surface area contributed by atoms with Crippen molar-refractivity contribution in [2.24, 2.45) is 0 Å². The van der Waals surface area contributed by atoms with Gasteiger partial charge in [0, 0.05) is 25.3 Å². The predicted molar refractivity (Wildman–Crippen MR) is 111 cm³/mol. The Balaban J connectivity index is 1.69. The molecule has 1 fully saturated rings. The van der Waals surface area contributed by atoms with Crippen LogP contribution < -0.4 is 5.32 Å². The lowest BCUT2D eigenvalue weighted by atomic mass is 10.1. The Morgan fingerprint density at radius 1 is 1.00 bits per heavy atom. The third kappa shape index (κ3) is 4.60. The standard InChI is InChI=1S/C21H27N3O3S/c1-16-9-10-20(18(3)13-16)22-21(25)15-24-12-6-11-23(28(24,26)27)14-19-8-5-4-7-17(19)2/h4-5,7-10,13H,6,11-12,14-15H2,1-3H3,(H,22,25). The SMILES string of the molecule is Cc1ccc(NC(=O)CN2CCCN(Cc3ccccc3C)S2(=O)=O)c(C)c1. The number of benzene rings is 2. The second-order valence-electron chi connectivity index (χ2n) is 7.32. The van der Waals surface area contributed by atoms with Gasteiger partial charge in [0.15, 0.2) is 0 Å². The van der Waals surface area contributed by atoms with E-state index in [0.29, 0.717) is 31.7 Å². The van der Waals surface area contributed by atoms with Crippen LogP contribution in [0.2, 0.25) is 0 Å². The van der Waals surface area contributed by atoms with Gasteiger partial charge in [-0.05, 0) is 49.9 Å². The van der Waals surface area contributed by atoms with Crippen molar-refractivity contribution in [1.29, 1.82) is 0 Å². The number of nitrogens with one attached hydrogen (secondary N) is 1. The molecule has 0 unspecified atom stereocenters. The molecular weight excluding hydrogens is 374 g/mol. The molecule has 2 aromatic rings. The average Bonchev–Trinajstić information content (AvgIpc) is 2.63. The minimum atomic E-state index is -3.68. The highest BCUT2D eigenvalue weighted by Crippen LogP contribution is 2.21. The maximum atomic E-state index is 13.0. The smallest absolute Gasteiger partial charge is 0.282 e. The summed E-state index contributed by atoms with van der Waals surface area (Å²) in [5.74, 6) is -0.326. The van der Waals surface area contributed by atoms with Crippen molar-refractivity contribution < 1.29 is 13.2 Å². The molecule has 1 aliphatic rings. The summed E-state index contributed by atoms with van der Waals surface area (Å²) in [5, 5.41) is 2.83. The fourth-order valence-electron chi connectivity index (χ4n) is 3.42. The van der Waals surface area contributed by atoms with Crippen molar-refractivity contribution >= 4 is 21.8 Å². The minimum absolute atomic E-state index is 0.181. The highest BCUT2D eigenvalue weighted by molar-refractivity contribution is 7.86. The van der Waals surface area contributed by atoms with Crippen molar-refractivity contribution in [3.8, 4) is 0 Å². The number of aryl methyl sites for hydroxylation is 3. The van der Waals surface area contributed by atoms with E-state index in [1.807, 2.05) is 63.2 Å². The molecule has 2 aromatic carbocycles. The zero-order valence-corrected chi connectivity index (χ0v) is 17.4. The lowest BCUT2D eigenvalue weighted by Crippen LogP contribution is -2.51. The van der Waals surface area contributed by atoms with Crippen molar-refractivity contribution in [3.05, 3.63) is 64.7 Å². The normalized spacial score (nSPS) is 17.4. The van der Waals surface area contributed by atoms with Gasteiger partial charge in [0.25, 0.3) is 10.2 Å². The van der Waals surface area contributed by atoms with Crippen LogP contribution in [0.25, 0.3) is 0 Å². The number of rotatable bonds is 5.